The van der Waals surface area contributed by atoms with E-state index in [0.717, 1.165) is 13.1 Å². The number of hydrogen-bond acceptors (Lipinski definition) is 1. The average molecular weight is 253 g/mol. The summed E-state index contributed by atoms with van der Waals surface area (Å²) in [7, 11) is 0. The van der Waals surface area contributed by atoms with E-state index in [0.29, 0.717) is 0 Å². The van der Waals surface area contributed by atoms with E-state index in [1.165, 1.54) is 35.2 Å². The molecule has 0 atom stereocenters. The SMILES string of the molecule is C=C/C(=C(C)\C(=C/C)c1ccccc1)N1CCCC1. The van der Waals surface area contributed by atoms with E-state index in [4.69, 9.17) is 0 Å². The predicted molar refractivity (Wildman–Crippen MR) is 83.8 cm³/mol. The number of rotatable bonds is 4. The van der Waals surface area contributed by atoms with Crippen molar-refractivity contribution < 1.29 is 0 Å². The second kappa shape index (κ2) is 6.42. The zero-order valence-electron chi connectivity index (χ0n) is 12.0. The van der Waals surface area contributed by atoms with Crippen molar-refractivity contribution in [1.82, 2.24) is 4.90 Å². The molecule has 19 heavy (non-hydrogen) atoms. The first-order valence-corrected chi connectivity index (χ1v) is 7.08. The molecule has 0 saturated carbocycles. The van der Waals surface area contributed by atoms with Gasteiger partial charge in [-0.3, -0.25) is 0 Å². The van der Waals surface area contributed by atoms with Crippen LogP contribution in [0.5, 0.6) is 0 Å². The van der Waals surface area contributed by atoms with Crippen molar-refractivity contribution in [2.75, 3.05) is 13.1 Å². The van der Waals surface area contributed by atoms with Gasteiger partial charge in [0.05, 0.1) is 0 Å². The fraction of sp³-hybridized carbons (Fsp3) is 0.333. The standard InChI is InChI=1S/C18H23N/c1-4-17(16-11-7-6-8-12-16)15(3)18(5-2)19-13-9-10-14-19/h4-8,11-12H,2,9-10,13-14H2,1,3H3/b17-4+,18-15+. The molecule has 0 radical (unpaired) electrons. The van der Waals surface area contributed by atoms with Crippen molar-refractivity contribution in [2.24, 2.45) is 0 Å². The molecule has 2 rings (SSSR count). The van der Waals surface area contributed by atoms with E-state index in [1.807, 2.05) is 6.08 Å². The van der Waals surface area contributed by atoms with Gasteiger partial charge in [0.1, 0.15) is 0 Å². The van der Waals surface area contributed by atoms with Gasteiger partial charge in [0, 0.05) is 18.8 Å². The van der Waals surface area contributed by atoms with Crippen LogP contribution in [0, 0.1) is 0 Å². The molecule has 1 aliphatic rings. The lowest BCUT2D eigenvalue weighted by molar-refractivity contribution is 0.437. The second-order valence-corrected chi connectivity index (χ2v) is 4.98. The van der Waals surface area contributed by atoms with E-state index in [2.05, 4.69) is 61.7 Å². The van der Waals surface area contributed by atoms with Crippen LogP contribution in [0.25, 0.3) is 5.57 Å². The highest BCUT2D eigenvalue weighted by Gasteiger charge is 2.16. The van der Waals surface area contributed by atoms with Crippen LogP contribution in [0.15, 0.2) is 60.3 Å². The first-order chi connectivity index (χ1) is 9.27. The molecule has 1 aromatic carbocycles. The first kappa shape index (κ1) is 13.7. The Morgan fingerprint density at radius 1 is 1.16 bits per heavy atom. The van der Waals surface area contributed by atoms with Gasteiger partial charge in [-0.05, 0) is 49.5 Å². The molecule has 1 aliphatic heterocycles. The fourth-order valence-corrected chi connectivity index (χ4v) is 2.83. The van der Waals surface area contributed by atoms with Crippen LogP contribution >= 0.6 is 0 Å². The van der Waals surface area contributed by atoms with Crippen LogP contribution in [-0.4, -0.2) is 18.0 Å². The molecule has 0 spiro atoms. The zero-order chi connectivity index (χ0) is 13.7. The van der Waals surface area contributed by atoms with Gasteiger partial charge < -0.3 is 4.90 Å². The summed E-state index contributed by atoms with van der Waals surface area (Å²) in [6.07, 6.45) is 6.79. The van der Waals surface area contributed by atoms with Crippen LogP contribution in [-0.2, 0) is 0 Å². The van der Waals surface area contributed by atoms with Crippen molar-refractivity contribution in [3.8, 4) is 0 Å². The Bertz CT molecular complexity index is 488. The molecule has 0 N–H and O–H groups in total. The molecule has 1 fully saturated rings. The molecule has 100 valence electrons. The summed E-state index contributed by atoms with van der Waals surface area (Å²) in [5, 5.41) is 0. The first-order valence-electron chi connectivity index (χ1n) is 7.08. The summed E-state index contributed by atoms with van der Waals surface area (Å²) in [5.41, 5.74) is 5.20. The molecule has 1 heterocycles. The lowest BCUT2D eigenvalue weighted by Gasteiger charge is -2.23. The molecule has 1 saturated heterocycles. The number of hydrogen-bond donors (Lipinski definition) is 0. The maximum absolute atomic E-state index is 4.01. The number of allylic oxidation sites excluding steroid dienone is 4. The van der Waals surface area contributed by atoms with Gasteiger partial charge in [-0.15, -0.1) is 0 Å². The predicted octanol–water partition coefficient (Wildman–Crippen LogP) is 4.65. The summed E-state index contributed by atoms with van der Waals surface area (Å²) >= 11 is 0. The van der Waals surface area contributed by atoms with Gasteiger partial charge in [0.2, 0.25) is 0 Å². The van der Waals surface area contributed by atoms with E-state index in [1.54, 1.807) is 0 Å². The Labute approximate surface area is 116 Å². The summed E-state index contributed by atoms with van der Waals surface area (Å²) in [6.45, 7) is 10.6. The zero-order valence-corrected chi connectivity index (χ0v) is 12.0. The summed E-state index contributed by atoms with van der Waals surface area (Å²) in [6, 6.07) is 10.6. The average Bonchev–Trinajstić information content (AvgIpc) is 2.96. The minimum Gasteiger partial charge on any atom is -0.371 e. The third kappa shape index (κ3) is 2.98. The van der Waals surface area contributed by atoms with Gasteiger partial charge in [-0.1, -0.05) is 43.0 Å². The fourth-order valence-electron chi connectivity index (χ4n) is 2.83. The molecule has 1 nitrogen and oxygen atoms in total. The Kier molecular flexibility index (Phi) is 4.62. The van der Waals surface area contributed by atoms with E-state index in [-0.39, 0.29) is 0 Å². The number of likely N-dealkylation sites (tertiary alicyclic amines) is 1. The Morgan fingerprint density at radius 2 is 1.79 bits per heavy atom. The second-order valence-electron chi connectivity index (χ2n) is 4.98. The van der Waals surface area contributed by atoms with Gasteiger partial charge in [0.15, 0.2) is 0 Å². The van der Waals surface area contributed by atoms with Crippen LogP contribution in [0.1, 0.15) is 32.3 Å². The van der Waals surface area contributed by atoms with E-state index >= 15 is 0 Å². The van der Waals surface area contributed by atoms with Gasteiger partial charge in [-0.25, -0.2) is 0 Å². The van der Waals surface area contributed by atoms with Gasteiger partial charge in [0.25, 0.3) is 0 Å². The lowest BCUT2D eigenvalue weighted by Crippen LogP contribution is -2.18. The lowest BCUT2D eigenvalue weighted by atomic mass is 9.97. The molecule has 0 amide bonds. The number of benzene rings is 1. The van der Waals surface area contributed by atoms with Crippen LogP contribution in [0.2, 0.25) is 0 Å². The maximum atomic E-state index is 4.01. The van der Waals surface area contributed by atoms with Crippen molar-refractivity contribution in [3.63, 3.8) is 0 Å². The molecule has 0 aromatic heterocycles. The maximum Gasteiger partial charge on any atom is 0.0396 e. The van der Waals surface area contributed by atoms with Crippen molar-refractivity contribution in [2.45, 2.75) is 26.7 Å². The van der Waals surface area contributed by atoms with E-state index < -0.39 is 0 Å². The van der Waals surface area contributed by atoms with Crippen molar-refractivity contribution in [1.29, 1.82) is 0 Å². The highest BCUT2D eigenvalue weighted by molar-refractivity contribution is 5.79. The smallest absolute Gasteiger partial charge is 0.0396 e. The third-order valence-electron chi connectivity index (χ3n) is 3.80. The highest BCUT2D eigenvalue weighted by atomic mass is 15.1. The largest absolute Gasteiger partial charge is 0.371 e. The Morgan fingerprint density at radius 3 is 2.32 bits per heavy atom. The van der Waals surface area contributed by atoms with Crippen LogP contribution in [0.3, 0.4) is 0 Å². The highest BCUT2D eigenvalue weighted by Crippen LogP contribution is 2.28. The molecule has 0 unspecified atom stereocenters. The molecule has 1 aromatic rings. The summed E-state index contributed by atoms with van der Waals surface area (Å²) < 4.78 is 0. The normalized spacial score (nSPS) is 17.4. The molecule has 1 heteroatoms. The molecular weight excluding hydrogens is 230 g/mol. The van der Waals surface area contributed by atoms with Crippen LogP contribution in [0.4, 0.5) is 0 Å². The topological polar surface area (TPSA) is 3.24 Å². The summed E-state index contributed by atoms with van der Waals surface area (Å²) in [4.78, 5) is 2.45. The van der Waals surface area contributed by atoms with Crippen molar-refractivity contribution >= 4 is 5.57 Å². The quantitative estimate of drug-likeness (QED) is 0.706. The molecule has 0 bridgehead atoms. The molecular formula is C18H23N. The van der Waals surface area contributed by atoms with Gasteiger partial charge in [-0.2, -0.15) is 0 Å². The monoisotopic (exact) mass is 253 g/mol. The molecule has 0 aliphatic carbocycles. The summed E-state index contributed by atoms with van der Waals surface area (Å²) in [5.74, 6) is 0. The number of nitrogens with zero attached hydrogens (tertiary/aromatic N) is 1. The Balaban J connectivity index is 2.38. The Hall–Kier alpha value is -1.76. The van der Waals surface area contributed by atoms with E-state index in [9.17, 15) is 0 Å². The minimum absolute atomic E-state index is 1.16. The minimum atomic E-state index is 1.16. The van der Waals surface area contributed by atoms with Crippen LogP contribution < -0.4 is 0 Å². The van der Waals surface area contributed by atoms with Gasteiger partial charge >= 0.3 is 0 Å². The van der Waals surface area contributed by atoms with Crippen molar-refractivity contribution in [3.05, 3.63) is 65.9 Å². The third-order valence-corrected chi connectivity index (χ3v) is 3.80.